The maximum Gasteiger partial charge on any atom is 0.221 e. The minimum Gasteiger partial charge on any atom is -0.391 e. The molecule has 90 valence electrons. The van der Waals surface area contributed by atoms with Gasteiger partial charge in [0, 0.05) is 19.0 Å². The third-order valence-electron chi connectivity index (χ3n) is 2.26. The Morgan fingerprint density at radius 2 is 1.93 bits per heavy atom. The number of carbonyl (C=O) groups excluding carboxylic acids is 1. The molecule has 0 aliphatic carbocycles. The van der Waals surface area contributed by atoms with Crippen LogP contribution in [0.5, 0.6) is 0 Å². The smallest absolute Gasteiger partial charge is 0.221 e. The molecule has 0 saturated carbocycles. The van der Waals surface area contributed by atoms with Crippen molar-refractivity contribution < 1.29 is 9.90 Å². The molecule has 0 aromatic carbocycles. The topological polar surface area (TPSA) is 75.4 Å². The van der Waals surface area contributed by atoms with Crippen molar-refractivity contribution in [3.05, 3.63) is 0 Å². The second-order valence-corrected chi connectivity index (χ2v) is 4.00. The molecule has 4 nitrogen and oxygen atoms in total. The number of hydrogen-bond donors (Lipinski definition) is 3. The maximum atomic E-state index is 11.3. The van der Waals surface area contributed by atoms with E-state index in [2.05, 4.69) is 5.32 Å². The van der Waals surface area contributed by atoms with Gasteiger partial charge in [-0.25, -0.2) is 0 Å². The van der Waals surface area contributed by atoms with Gasteiger partial charge in [-0.1, -0.05) is 26.7 Å². The fourth-order valence-electron chi connectivity index (χ4n) is 1.45. The Hall–Kier alpha value is -0.610. The van der Waals surface area contributed by atoms with Crippen LogP contribution in [-0.4, -0.2) is 29.7 Å². The largest absolute Gasteiger partial charge is 0.391 e. The molecular formula is C11H24N2O2. The Kier molecular flexibility index (Phi) is 8.33. The minimum absolute atomic E-state index is 0.0571. The van der Waals surface area contributed by atoms with Crippen LogP contribution in [0.15, 0.2) is 0 Å². The molecule has 0 aromatic rings. The van der Waals surface area contributed by atoms with E-state index in [9.17, 15) is 9.90 Å². The first-order chi connectivity index (χ1) is 7.10. The monoisotopic (exact) mass is 216 g/mol. The number of hydrogen-bond acceptors (Lipinski definition) is 3. The molecule has 0 rings (SSSR count). The number of rotatable bonds is 8. The summed E-state index contributed by atoms with van der Waals surface area (Å²) in [5.41, 5.74) is 5.73. The third-order valence-corrected chi connectivity index (χ3v) is 2.26. The first-order valence-corrected chi connectivity index (χ1v) is 5.80. The van der Waals surface area contributed by atoms with E-state index >= 15 is 0 Å². The van der Waals surface area contributed by atoms with Crippen LogP contribution in [0, 0.1) is 0 Å². The van der Waals surface area contributed by atoms with Crippen molar-refractivity contribution in [2.75, 3.05) is 6.54 Å². The van der Waals surface area contributed by atoms with E-state index in [-0.39, 0.29) is 11.9 Å². The minimum atomic E-state index is -0.429. The Balaban J connectivity index is 3.56. The van der Waals surface area contributed by atoms with Gasteiger partial charge in [0.05, 0.1) is 6.10 Å². The number of aliphatic hydroxyl groups excluding tert-OH is 1. The zero-order valence-corrected chi connectivity index (χ0v) is 9.83. The summed E-state index contributed by atoms with van der Waals surface area (Å²) >= 11 is 0. The average Bonchev–Trinajstić information content (AvgIpc) is 2.15. The number of carbonyl (C=O) groups is 1. The van der Waals surface area contributed by atoms with E-state index in [4.69, 9.17) is 5.73 Å². The van der Waals surface area contributed by atoms with Crippen LogP contribution in [0.4, 0.5) is 0 Å². The molecule has 0 aliphatic heterocycles. The average molecular weight is 216 g/mol. The highest BCUT2D eigenvalue weighted by molar-refractivity contribution is 5.76. The molecule has 0 saturated heterocycles. The van der Waals surface area contributed by atoms with Crippen molar-refractivity contribution in [3.8, 4) is 0 Å². The zero-order chi connectivity index (χ0) is 11.7. The lowest BCUT2D eigenvalue weighted by Crippen LogP contribution is -2.36. The van der Waals surface area contributed by atoms with Gasteiger partial charge in [-0.2, -0.15) is 0 Å². The van der Waals surface area contributed by atoms with Crippen LogP contribution in [0.25, 0.3) is 0 Å². The molecule has 0 aliphatic rings. The van der Waals surface area contributed by atoms with Gasteiger partial charge in [0.15, 0.2) is 0 Å². The van der Waals surface area contributed by atoms with Crippen molar-refractivity contribution in [1.29, 1.82) is 0 Å². The van der Waals surface area contributed by atoms with Crippen LogP contribution in [-0.2, 0) is 4.79 Å². The predicted octanol–water partition coefficient (Wildman–Crippen LogP) is 0.781. The van der Waals surface area contributed by atoms with E-state index in [0.29, 0.717) is 13.0 Å². The summed E-state index contributed by atoms with van der Waals surface area (Å²) < 4.78 is 0. The highest BCUT2D eigenvalue weighted by Gasteiger charge is 2.09. The van der Waals surface area contributed by atoms with Gasteiger partial charge >= 0.3 is 0 Å². The summed E-state index contributed by atoms with van der Waals surface area (Å²) in [7, 11) is 0. The highest BCUT2D eigenvalue weighted by Crippen LogP contribution is 1.99. The standard InChI is InChI=1S/C11H24N2O2/c1-3-5-9(12)7-11(15)13-8-10(14)6-4-2/h9-10,14H,3-8,12H2,1-2H3,(H,13,15). The van der Waals surface area contributed by atoms with Gasteiger partial charge in [0.25, 0.3) is 0 Å². The van der Waals surface area contributed by atoms with E-state index in [1.807, 2.05) is 13.8 Å². The van der Waals surface area contributed by atoms with Gasteiger partial charge in [-0.05, 0) is 12.8 Å². The molecule has 1 amide bonds. The molecule has 0 radical (unpaired) electrons. The molecule has 0 fully saturated rings. The lowest BCUT2D eigenvalue weighted by atomic mass is 10.1. The molecule has 0 aromatic heterocycles. The maximum absolute atomic E-state index is 11.3. The van der Waals surface area contributed by atoms with E-state index in [0.717, 1.165) is 25.7 Å². The second-order valence-electron chi connectivity index (χ2n) is 4.00. The fraction of sp³-hybridized carbons (Fsp3) is 0.909. The van der Waals surface area contributed by atoms with Gasteiger partial charge < -0.3 is 16.2 Å². The summed E-state index contributed by atoms with van der Waals surface area (Å²) in [6.45, 7) is 4.39. The van der Waals surface area contributed by atoms with Crippen molar-refractivity contribution in [1.82, 2.24) is 5.32 Å². The molecule has 2 atom stereocenters. The second kappa shape index (κ2) is 8.68. The van der Waals surface area contributed by atoms with Crippen molar-refractivity contribution in [2.45, 2.75) is 58.1 Å². The summed E-state index contributed by atoms with van der Waals surface area (Å²) in [6, 6.07) is -0.0571. The van der Waals surface area contributed by atoms with Crippen molar-refractivity contribution in [2.24, 2.45) is 5.73 Å². The first kappa shape index (κ1) is 14.4. The molecule has 4 N–H and O–H groups in total. The third kappa shape index (κ3) is 8.39. The van der Waals surface area contributed by atoms with Crippen molar-refractivity contribution >= 4 is 5.91 Å². The van der Waals surface area contributed by atoms with Gasteiger partial charge in [0.2, 0.25) is 5.91 Å². The molecule has 4 heteroatoms. The number of nitrogens with one attached hydrogen (secondary N) is 1. The van der Waals surface area contributed by atoms with Crippen LogP contribution in [0.1, 0.15) is 46.0 Å². The number of nitrogens with two attached hydrogens (primary N) is 1. The predicted molar refractivity (Wildman–Crippen MR) is 61.4 cm³/mol. The molecule has 2 unspecified atom stereocenters. The van der Waals surface area contributed by atoms with E-state index in [1.165, 1.54) is 0 Å². The van der Waals surface area contributed by atoms with E-state index < -0.39 is 6.10 Å². The van der Waals surface area contributed by atoms with Gasteiger partial charge in [-0.15, -0.1) is 0 Å². The van der Waals surface area contributed by atoms with Crippen LogP contribution in [0.3, 0.4) is 0 Å². The quantitative estimate of drug-likeness (QED) is 0.561. The van der Waals surface area contributed by atoms with Gasteiger partial charge in [-0.3, -0.25) is 4.79 Å². The van der Waals surface area contributed by atoms with Crippen molar-refractivity contribution in [3.63, 3.8) is 0 Å². The van der Waals surface area contributed by atoms with Crippen LogP contribution in [0.2, 0.25) is 0 Å². The van der Waals surface area contributed by atoms with Crippen LogP contribution < -0.4 is 11.1 Å². The van der Waals surface area contributed by atoms with E-state index in [1.54, 1.807) is 0 Å². The lowest BCUT2D eigenvalue weighted by Gasteiger charge is -2.13. The fourth-order valence-corrected chi connectivity index (χ4v) is 1.45. The lowest BCUT2D eigenvalue weighted by molar-refractivity contribution is -0.121. The summed E-state index contributed by atoms with van der Waals surface area (Å²) in [5.74, 6) is -0.0638. The molecule has 0 bridgehead atoms. The molecule has 0 heterocycles. The Morgan fingerprint density at radius 1 is 1.33 bits per heavy atom. The SMILES string of the molecule is CCCC(N)CC(=O)NCC(O)CCC. The Bertz CT molecular complexity index is 174. The summed E-state index contributed by atoms with van der Waals surface area (Å²) in [5, 5.41) is 12.1. The summed E-state index contributed by atoms with van der Waals surface area (Å²) in [4.78, 5) is 11.3. The molecule has 15 heavy (non-hydrogen) atoms. The first-order valence-electron chi connectivity index (χ1n) is 5.80. The Morgan fingerprint density at radius 3 is 2.47 bits per heavy atom. The summed E-state index contributed by atoms with van der Waals surface area (Å²) in [6.07, 6.45) is 3.43. The Labute approximate surface area is 92.2 Å². The molecular weight excluding hydrogens is 192 g/mol. The number of aliphatic hydroxyl groups is 1. The highest BCUT2D eigenvalue weighted by atomic mass is 16.3. The van der Waals surface area contributed by atoms with Crippen LogP contribution >= 0.6 is 0 Å². The molecule has 0 spiro atoms. The normalized spacial score (nSPS) is 14.7. The van der Waals surface area contributed by atoms with Gasteiger partial charge in [0.1, 0.15) is 0 Å². The number of amides is 1. The zero-order valence-electron chi connectivity index (χ0n) is 9.83.